The average molecular weight is 348 g/mol. The molecule has 0 aromatic carbocycles. The zero-order valence-electron chi connectivity index (χ0n) is 14.5. The van der Waals surface area contributed by atoms with Crippen LogP contribution in [-0.4, -0.2) is 47.1 Å². The Bertz CT molecular complexity index is 657. The summed E-state index contributed by atoms with van der Waals surface area (Å²) in [5, 5.41) is 19.7. The molecule has 6 nitrogen and oxygen atoms in total. The van der Waals surface area contributed by atoms with Crippen LogP contribution in [0.1, 0.15) is 26.7 Å². The summed E-state index contributed by atoms with van der Waals surface area (Å²) in [5.74, 6) is -1.69. The van der Waals surface area contributed by atoms with Crippen molar-refractivity contribution in [2.24, 2.45) is 5.92 Å². The smallest absolute Gasteiger partial charge is 0.334 e. The molecule has 2 N–H and O–H groups in total. The first kappa shape index (κ1) is 19.1. The van der Waals surface area contributed by atoms with E-state index in [1.807, 2.05) is 6.92 Å². The normalized spacial score (nSPS) is 34.1. The number of carbonyl (C=O) groups excluding carboxylic acids is 2. The molecular formula is C19H24O6. The molecule has 0 aromatic rings. The number of ether oxygens (including phenoxy) is 2. The maximum absolute atomic E-state index is 12.0. The van der Waals surface area contributed by atoms with Crippen molar-refractivity contribution >= 4 is 11.9 Å². The average Bonchev–Trinajstić information content (AvgIpc) is 2.79. The third-order valence-electron chi connectivity index (χ3n) is 4.34. The largest absolute Gasteiger partial charge is 0.458 e. The molecule has 2 rings (SSSR count). The summed E-state index contributed by atoms with van der Waals surface area (Å²) < 4.78 is 10.9. The lowest BCUT2D eigenvalue weighted by atomic mass is 9.85. The monoisotopic (exact) mass is 348 g/mol. The van der Waals surface area contributed by atoms with Gasteiger partial charge in [0.2, 0.25) is 0 Å². The van der Waals surface area contributed by atoms with E-state index >= 15 is 0 Å². The molecule has 6 heteroatoms. The van der Waals surface area contributed by atoms with Gasteiger partial charge < -0.3 is 19.7 Å². The van der Waals surface area contributed by atoms with Gasteiger partial charge in [0.15, 0.2) is 0 Å². The highest BCUT2D eigenvalue weighted by molar-refractivity contribution is 5.91. The minimum atomic E-state index is -0.784. The SMILES string of the molecule is C=C(C)C(=O)OC1C/C(CO)=C\C(O)C/C(C)=C/C2OC(=O)C(=C)C21. The van der Waals surface area contributed by atoms with Crippen molar-refractivity contribution in [3.05, 3.63) is 47.6 Å². The van der Waals surface area contributed by atoms with Crippen LogP contribution in [0.15, 0.2) is 47.6 Å². The van der Waals surface area contributed by atoms with Crippen LogP contribution in [0.25, 0.3) is 0 Å². The molecule has 0 radical (unpaired) electrons. The molecular weight excluding hydrogens is 324 g/mol. The molecule has 0 bridgehead atoms. The maximum atomic E-state index is 12.0. The van der Waals surface area contributed by atoms with E-state index < -0.39 is 36.2 Å². The van der Waals surface area contributed by atoms with E-state index in [1.165, 1.54) is 6.92 Å². The number of hydrogen-bond donors (Lipinski definition) is 2. The fourth-order valence-electron chi connectivity index (χ4n) is 3.11. The molecule has 0 aromatic heterocycles. The molecule has 4 atom stereocenters. The number of fused-ring (bicyclic) bond motifs is 1. The lowest BCUT2D eigenvalue weighted by molar-refractivity contribution is -0.147. The fourth-order valence-corrected chi connectivity index (χ4v) is 3.11. The summed E-state index contributed by atoms with van der Waals surface area (Å²) in [4.78, 5) is 24.0. The first-order valence-corrected chi connectivity index (χ1v) is 8.15. The van der Waals surface area contributed by atoms with E-state index in [-0.39, 0.29) is 24.2 Å². The summed E-state index contributed by atoms with van der Waals surface area (Å²) >= 11 is 0. The van der Waals surface area contributed by atoms with Gasteiger partial charge in [-0.3, -0.25) is 0 Å². The van der Waals surface area contributed by atoms with Crippen LogP contribution >= 0.6 is 0 Å². The molecule has 1 saturated heterocycles. The van der Waals surface area contributed by atoms with E-state index in [1.54, 1.807) is 12.2 Å². The van der Waals surface area contributed by atoms with Crippen LogP contribution in [0.5, 0.6) is 0 Å². The lowest BCUT2D eigenvalue weighted by Crippen LogP contribution is -2.34. The minimum absolute atomic E-state index is 0.163. The second kappa shape index (κ2) is 7.80. The predicted molar refractivity (Wildman–Crippen MR) is 91.4 cm³/mol. The van der Waals surface area contributed by atoms with Gasteiger partial charge in [-0.05, 0) is 31.9 Å². The maximum Gasteiger partial charge on any atom is 0.334 e. The standard InChI is InChI=1S/C19H24O6/c1-10(2)18(22)24-16-8-13(9-20)7-14(21)5-11(3)6-15-17(16)12(4)19(23)25-15/h6-7,14-17,20-21H,1,4-5,8-9H2,2-3H3/b11-6+,13-7+. The zero-order valence-corrected chi connectivity index (χ0v) is 14.5. The summed E-state index contributed by atoms with van der Waals surface area (Å²) in [5.41, 5.74) is 1.80. The quantitative estimate of drug-likeness (QED) is 0.457. The van der Waals surface area contributed by atoms with Gasteiger partial charge in [-0.1, -0.05) is 24.8 Å². The highest BCUT2D eigenvalue weighted by atomic mass is 16.6. The Kier molecular flexibility index (Phi) is 5.98. The highest BCUT2D eigenvalue weighted by Crippen LogP contribution is 2.36. The van der Waals surface area contributed by atoms with Crippen molar-refractivity contribution in [3.63, 3.8) is 0 Å². The fraction of sp³-hybridized carbons (Fsp3) is 0.474. The first-order valence-electron chi connectivity index (χ1n) is 8.15. The zero-order chi connectivity index (χ0) is 18.7. The minimum Gasteiger partial charge on any atom is -0.458 e. The van der Waals surface area contributed by atoms with Gasteiger partial charge in [-0.25, -0.2) is 9.59 Å². The topological polar surface area (TPSA) is 93.1 Å². The second-order valence-electron chi connectivity index (χ2n) is 6.62. The van der Waals surface area contributed by atoms with Gasteiger partial charge in [0.25, 0.3) is 0 Å². The molecule has 0 amide bonds. The molecule has 1 heterocycles. The number of esters is 2. The molecule has 1 aliphatic carbocycles. The van der Waals surface area contributed by atoms with E-state index in [2.05, 4.69) is 13.2 Å². The molecule has 1 fully saturated rings. The van der Waals surface area contributed by atoms with Crippen LogP contribution in [0, 0.1) is 5.92 Å². The predicted octanol–water partition coefficient (Wildman–Crippen LogP) is 1.59. The van der Waals surface area contributed by atoms with E-state index in [0.717, 1.165) is 5.57 Å². The second-order valence-corrected chi connectivity index (χ2v) is 6.62. The molecule has 1 aliphatic heterocycles. The number of rotatable bonds is 3. The van der Waals surface area contributed by atoms with Gasteiger partial charge in [0, 0.05) is 17.6 Å². The summed E-state index contributed by atoms with van der Waals surface area (Å²) in [7, 11) is 0. The molecule has 136 valence electrons. The third kappa shape index (κ3) is 4.46. The Hall–Kier alpha value is -2.18. The van der Waals surface area contributed by atoms with Gasteiger partial charge in [-0.15, -0.1) is 0 Å². The Labute approximate surface area is 147 Å². The number of aliphatic hydroxyl groups excluding tert-OH is 2. The lowest BCUT2D eigenvalue weighted by Gasteiger charge is -2.28. The van der Waals surface area contributed by atoms with Crippen molar-refractivity contribution in [2.45, 2.75) is 45.0 Å². The van der Waals surface area contributed by atoms with Gasteiger partial charge >= 0.3 is 11.9 Å². The van der Waals surface area contributed by atoms with Gasteiger partial charge in [-0.2, -0.15) is 0 Å². The molecule has 0 spiro atoms. The van der Waals surface area contributed by atoms with Crippen molar-refractivity contribution < 1.29 is 29.3 Å². The third-order valence-corrected chi connectivity index (χ3v) is 4.34. The number of aliphatic hydroxyl groups is 2. The first-order chi connectivity index (χ1) is 11.7. The van der Waals surface area contributed by atoms with Crippen LogP contribution in [0.4, 0.5) is 0 Å². The summed E-state index contributed by atoms with van der Waals surface area (Å²) in [6.07, 6.45) is 1.65. The number of carbonyl (C=O) groups is 2. The summed E-state index contributed by atoms with van der Waals surface area (Å²) in [6, 6.07) is 0. The molecule has 0 saturated carbocycles. The van der Waals surface area contributed by atoms with Crippen LogP contribution < -0.4 is 0 Å². The van der Waals surface area contributed by atoms with E-state index in [9.17, 15) is 19.8 Å². The molecule has 2 aliphatic rings. The molecule has 25 heavy (non-hydrogen) atoms. The van der Waals surface area contributed by atoms with Crippen LogP contribution in [0.2, 0.25) is 0 Å². The number of hydrogen-bond acceptors (Lipinski definition) is 6. The van der Waals surface area contributed by atoms with Crippen molar-refractivity contribution in [3.8, 4) is 0 Å². The summed E-state index contributed by atoms with van der Waals surface area (Å²) in [6.45, 7) is 10.4. The highest BCUT2D eigenvalue weighted by Gasteiger charge is 2.44. The van der Waals surface area contributed by atoms with Crippen molar-refractivity contribution in [1.82, 2.24) is 0 Å². The van der Waals surface area contributed by atoms with E-state index in [4.69, 9.17) is 9.47 Å². The van der Waals surface area contributed by atoms with Crippen molar-refractivity contribution in [1.29, 1.82) is 0 Å². The van der Waals surface area contributed by atoms with Gasteiger partial charge in [0.05, 0.1) is 18.6 Å². The van der Waals surface area contributed by atoms with E-state index in [0.29, 0.717) is 12.0 Å². The Balaban J connectivity index is 2.45. The van der Waals surface area contributed by atoms with Crippen molar-refractivity contribution in [2.75, 3.05) is 6.61 Å². The van der Waals surface area contributed by atoms with Crippen LogP contribution in [0.3, 0.4) is 0 Å². The Morgan fingerprint density at radius 1 is 1.40 bits per heavy atom. The Morgan fingerprint density at radius 3 is 2.68 bits per heavy atom. The molecule has 4 unspecified atom stereocenters. The Morgan fingerprint density at radius 2 is 2.08 bits per heavy atom. The van der Waals surface area contributed by atoms with Gasteiger partial charge in [0.1, 0.15) is 12.2 Å². The van der Waals surface area contributed by atoms with Crippen LogP contribution in [-0.2, 0) is 19.1 Å².